The third-order valence-corrected chi connectivity index (χ3v) is 5.65. The quantitative estimate of drug-likeness (QED) is 0.888. The van der Waals surface area contributed by atoms with E-state index in [4.69, 9.17) is 0 Å². The van der Waals surface area contributed by atoms with E-state index in [-0.39, 0.29) is 17.9 Å². The van der Waals surface area contributed by atoms with Crippen molar-refractivity contribution in [2.45, 2.75) is 25.7 Å². The number of aromatic nitrogens is 1. The predicted octanol–water partition coefficient (Wildman–Crippen LogP) is 3.29. The third-order valence-electron chi connectivity index (χ3n) is 5.65. The highest BCUT2D eigenvalue weighted by atomic mass is 16.2. The molecule has 0 spiro atoms. The van der Waals surface area contributed by atoms with Gasteiger partial charge in [0.1, 0.15) is 0 Å². The van der Waals surface area contributed by atoms with Gasteiger partial charge in [0.05, 0.1) is 0 Å². The van der Waals surface area contributed by atoms with Gasteiger partial charge < -0.3 is 15.1 Å². The molecule has 4 rings (SSSR count). The molecule has 2 fully saturated rings. The number of likely N-dealkylation sites (tertiary alicyclic amines) is 2. The summed E-state index contributed by atoms with van der Waals surface area (Å²) in [6, 6.07) is 11.9. The fourth-order valence-electron chi connectivity index (χ4n) is 3.75. The van der Waals surface area contributed by atoms with Crippen molar-refractivity contribution in [3.05, 3.63) is 59.9 Å². The average molecular weight is 378 g/mol. The van der Waals surface area contributed by atoms with Crippen LogP contribution in [0.15, 0.2) is 48.8 Å². The van der Waals surface area contributed by atoms with Crippen LogP contribution in [0.5, 0.6) is 0 Å². The number of carbonyl (C=O) groups excluding carboxylic acids is 2. The number of anilines is 1. The Balaban J connectivity index is 1.25. The number of pyridine rings is 1. The number of hydrogen-bond acceptors (Lipinski definition) is 3. The molecular weight excluding hydrogens is 352 g/mol. The fraction of sp³-hybridized carbons (Fsp3) is 0.409. The summed E-state index contributed by atoms with van der Waals surface area (Å²) < 4.78 is 0. The number of urea groups is 1. The number of amides is 3. The van der Waals surface area contributed by atoms with Gasteiger partial charge >= 0.3 is 6.03 Å². The van der Waals surface area contributed by atoms with E-state index in [1.54, 1.807) is 6.20 Å². The van der Waals surface area contributed by atoms with Gasteiger partial charge in [0.25, 0.3) is 0 Å². The molecule has 0 bridgehead atoms. The second-order valence-electron chi connectivity index (χ2n) is 8.04. The van der Waals surface area contributed by atoms with Gasteiger partial charge in [-0.05, 0) is 29.3 Å². The van der Waals surface area contributed by atoms with Crippen molar-refractivity contribution in [1.82, 2.24) is 14.8 Å². The molecule has 1 aromatic carbocycles. The highest BCUT2D eigenvalue weighted by Crippen LogP contribution is 2.30. The van der Waals surface area contributed by atoms with Crippen LogP contribution in [-0.4, -0.2) is 52.9 Å². The zero-order valence-corrected chi connectivity index (χ0v) is 16.3. The molecule has 1 aromatic heterocycles. The Morgan fingerprint density at radius 3 is 2.21 bits per heavy atom. The van der Waals surface area contributed by atoms with Crippen LogP contribution >= 0.6 is 0 Å². The third kappa shape index (κ3) is 3.72. The predicted molar refractivity (Wildman–Crippen MR) is 108 cm³/mol. The molecule has 1 N–H and O–H groups in total. The lowest BCUT2D eigenvalue weighted by Gasteiger charge is -2.40. The summed E-state index contributed by atoms with van der Waals surface area (Å²) in [5.74, 6) is 1.04. The van der Waals surface area contributed by atoms with Gasteiger partial charge in [-0.1, -0.05) is 32.0 Å². The van der Waals surface area contributed by atoms with Gasteiger partial charge in [-0.25, -0.2) is 4.79 Å². The van der Waals surface area contributed by atoms with Crippen molar-refractivity contribution in [3.63, 3.8) is 0 Å². The molecule has 0 aliphatic carbocycles. The summed E-state index contributed by atoms with van der Waals surface area (Å²) in [7, 11) is 0. The minimum atomic E-state index is -0.0646. The number of nitrogens with zero attached hydrogens (tertiary/aromatic N) is 3. The van der Waals surface area contributed by atoms with Crippen LogP contribution in [0.25, 0.3) is 0 Å². The molecule has 0 atom stereocenters. The molecule has 2 aliphatic heterocycles. The fourth-order valence-corrected chi connectivity index (χ4v) is 3.75. The molecule has 2 aliphatic rings. The van der Waals surface area contributed by atoms with Gasteiger partial charge in [-0.15, -0.1) is 0 Å². The molecule has 6 nitrogen and oxygen atoms in total. The number of rotatable bonds is 4. The van der Waals surface area contributed by atoms with Crippen LogP contribution in [0.4, 0.5) is 10.5 Å². The van der Waals surface area contributed by atoms with Crippen molar-refractivity contribution in [2.75, 3.05) is 31.5 Å². The Hall–Kier alpha value is -2.89. The topological polar surface area (TPSA) is 65.5 Å². The van der Waals surface area contributed by atoms with Crippen molar-refractivity contribution in [2.24, 2.45) is 5.92 Å². The van der Waals surface area contributed by atoms with E-state index in [1.165, 1.54) is 11.1 Å². The first-order valence-corrected chi connectivity index (χ1v) is 9.86. The summed E-state index contributed by atoms with van der Waals surface area (Å²) in [6.07, 6.45) is 3.63. The molecule has 6 heteroatoms. The standard InChI is InChI=1S/C22H26N4O2/c1-15(2)21(27)25-11-18(12-25)16-5-7-20(8-6-16)24-22(28)26-13-19(14-26)17-4-3-9-23-10-17/h3-10,15,18-19H,11-14H2,1-2H3,(H,24,28). The molecule has 0 radical (unpaired) electrons. The number of carbonyl (C=O) groups is 2. The van der Waals surface area contributed by atoms with Gasteiger partial charge in [-0.3, -0.25) is 9.78 Å². The van der Waals surface area contributed by atoms with Crippen molar-refractivity contribution in [1.29, 1.82) is 0 Å². The highest BCUT2D eigenvalue weighted by Gasteiger charge is 2.33. The van der Waals surface area contributed by atoms with Gasteiger partial charge in [0.15, 0.2) is 0 Å². The van der Waals surface area contributed by atoms with E-state index in [1.807, 2.05) is 60.2 Å². The molecule has 2 saturated heterocycles. The Labute approximate surface area is 165 Å². The maximum atomic E-state index is 12.4. The van der Waals surface area contributed by atoms with Gasteiger partial charge in [0, 0.05) is 62.0 Å². The largest absolute Gasteiger partial charge is 0.341 e. The van der Waals surface area contributed by atoms with E-state index in [0.29, 0.717) is 11.8 Å². The summed E-state index contributed by atoms with van der Waals surface area (Å²) in [5.41, 5.74) is 3.20. The molecular formula is C22H26N4O2. The second kappa shape index (κ2) is 7.62. The lowest BCUT2D eigenvalue weighted by Crippen LogP contribution is -2.50. The van der Waals surface area contributed by atoms with E-state index >= 15 is 0 Å². The SMILES string of the molecule is CC(C)C(=O)N1CC(c2ccc(NC(=O)N3CC(c4cccnc4)C3)cc2)C1. The monoisotopic (exact) mass is 378 g/mol. The smallest absolute Gasteiger partial charge is 0.321 e. The Morgan fingerprint density at radius 2 is 1.61 bits per heavy atom. The van der Waals surface area contributed by atoms with Gasteiger partial charge in [-0.2, -0.15) is 0 Å². The zero-order chi connectivity index (χ0) is 19.7. The van der Waals surface area contributed by atoms with Crippen molar-refractivity contribution < 1.29 is 9.59 Å². The van der Waals surface area contributed by atoms with Crippen LogP contribution in [-0.2, 0) is 4.79 Å². The average Bonchev–Trinajstić information content (AvgIpc) is 2.61. The minimum absolute atomic E-state index is 0.0535. The molecule has 2 aromatic rings. The minimum Gasteiger partial charge on any atom is -0.341 e. The Kier molecular flexibility index (Phi) is 5.03. The molecule has 28 heavy (non-hydrogen) atoms. The summed E-state index contributed by atoms with van der Waals surface area (Å²) in [5, 5.41) is 2.97. The number of benzene rings is 1. The van der Waals surface area contributed by atoms with Gasteiger partial charge in [0.2, 0.25) is 5.91 Å². The molecule has 0 unspecified atom stereocenters. The molecule has 3 heterocycles. The lowest BCUT2D eigenvalue weighted by atomic mass is 9.90. The van der Waals surface area contributed by atoms with Crippen molar-refractivity contribution >= 4 is 17.6 Å². The Morgan fingerprint density at radius 1 is 0.964 bits per heavy atom. The van der Waals surface area contributed by atoms with E-state index in [2.05, 4.69) is 16.4 Å². The van der Waals surface area contributed by atoms with E-state index < -0.39 is 0 Å². The maximum Gasteiger partial charge on any atom is 0.321 e. The summed E-state index contributed by atoms with van der Waals surface area (Å²) in [6.45, 7) is 6.88. The van der Waals surface area contributed by atoms with Crippen LogP contribution in [0, 0.1) is 5.92 Å². The Bertz CT molecular complexity index is 839. The van der Waals surface area contributed by atoms with Crippen LogP contribution in [0.2, 0.25) is 0 Å². The first-order chi connectivity index (χ1) is 13.5. The molecule has 146 valence electrons. The van der Waals surface area contributed by atoms with Crippen molar-refractivity contribution in [3.8, 4) is 0 Å². The first-order valence-electron chi connectivity index (χ1n) is 9.86. The molecule has 0 saturated carbocycles. The number of nitrogens with one attached hydrogen (secondary N) is 1. The lowest BCUT2D eigenvalue weighted by molar-refractivity contribution is -0.138. The maximum absolute atomic E-state index is 12.4. The van der Waals surface area contributed by atoms with Crippen LogP contribution in [0.1, 0.15) is 36.8 Å². The molecule has 3 amide bonds. The highest BCUT2D eigenvalue weighted by molar-refractivity contribution is 5.90. The zero-order valence-electron chi connectivity index (χ0n) is 16.3. The summed E-state index contributed by atoms with van der Waals surface area (Å²) in [4.78, 5) is 32.2. The number of hydrogen-bond donors (Lipinski definition) is 1. The van der Waals surface area contributed by atoms with Crippen LogP contribution < -0.4 is 5.32 Å². The van der Waals surface area contributed by atoms with E-state index in [9.17, 15) is 9.59 Å². The second-order valence-corrected chi connectivity index (χ2v) is 8.04. The normalized spacial score (nSPS) is 17.2. The summed E-state index contributed by atoms with van der Waals surface area (Å²) >= 11 is 0. The van der Waals surface area contributed by atoms with Crippen LogP contribution in [0.3, 0.4) is 0 Å². The first kappa shape index (κ1) is 18.5. The van der Waals surface area contributed by atoms with E-state index in [0.717, 1.165) is 31.9 Å².